The van der Waals surface area contributed by atoms with E-state index in [9.17, 15) is 19.5 Å². The largest absolute Gasteiger partial charge is 0.481 e. The number of anilines is 1. The van der Waals surface area contributed by atoms with Crippen LogP contribution in [-0.4, -0.2) is 57.2 Å². The highest BCUT2D eigenvalue weighted by atomic mass is 16.5. The Balaban J connectivity index is 1.53. The molecule has 9 nitrogen and oxygen atoms in total. The van der Waals surface area contributed by atoms with Crippen molar-refractivity contribution in [1.29, 1.82) is 0 Å². The quantitative estimate of drug-likeness (QED) is 0.638. The number of amides is 2. The predicted octanol–water partition coefficient (Wildman–Crippen LogP) is 4.76. The van der Waals surface area contributed by atoms with Gasteiger partial charge in [-0.25, -0.2) is 9.78 Å². The van der Waals surface area contributed by atoms with Gasteiger partial charge in [-0.1, -0.05) is 6.42 Å². The summed E-state index contributed by atoms with van der Waals surface area (Å²) in [5, 5.41) is 9.81. The zero-order valence-electron chi connectivity index (χ0n) is 21.7. The van der Waals surface area contributed by atoms with Gasteiger partial charge in [-0.2, -0.15) is 0 Å². The number of imidazole rings is 1. The number of likely N-dealkylation sites (tertiary alicyclic amines) is 1. The number of aliphatic carboxylic acids is 1. The molecular formula is C28H36N4O5. The molecule has 1 aromatic carbocycles. The fourth-order valence-electron chi connectivity index (χ4n) is 7.09. The van der Waals surface area contributed by atoms with E-state index >= 15 is 0 Å². The molecule has 1 aromatic heterocycles. The van der Waals surface area contributed by atoms with Crippen LogP contribution < -0.4 is 4.90 Å². The van der Waals surface area contributed by atoms with E-state index < -0.39 is 11.5 Å². The van der Waals surface area contributed by atoms with Crippen LogP contribution in [0.1, 0.15) is 88.6 Å². The Kier molecular flexibility index (Phi) is 5.92. The van der Waals surface area contributed by atoms with Gasteiger partial charge in [0.2, 0.25) is 5.91 Å². The van der Waals surface area contributed by atoms with E-state index in [1.807, 2.05) is 19.1 Å². The second kappa shape index (κ2) is 9.03. The first kappa shape index (κ1) is 24.2. The summed E-state index contributed by atoms with van der Waals surface area (Å²) < 4.78 is 7.40. The standard InChI is InChI=1S/C28H36N4O5/c1-17-9-10-20-21(31(17)27(36)37-2)11-12-22-24(20)29-26(28(13-14-28)30-15-4-3-8-23(30)33)32(22)19-7-5-6-18(16-19)25(34)35/h11-12,17-19H,3-10,13-16H2,1-2H3,(H,34,35)/t17?,18-,19-/m1/s1. The number of ether oxygens (including phenoxy) is 1. The van der Waals surface area contributed by atoms with Crippen molar-refractivity contribution in [3.8, 4) is 0 Å². The third kappa shape index (κ3) is 3.80. The molecule has 1 saturated heterocycles. The predicted molar refractivity (Wildman–Crippen MR) is 138 cm³/mol. The maximum atomic E-state index is 13.1. The molecule has 2 aromatic rings. The van der Waals surface area contributed by atoms with Gasteiger partial charge < -0.3 is 19.3 Å². The van der Waals surface area contributed by atoms with Crippen LogP contribution in [-0.2, 0) is 26.3 Å². The Hall–Kier alpha value is -3.10. The Morgan fingerprint density at radius 2 is 1.92 bits per heavy atom. The summed E-state index contributed by atoms with van der Waals surface area (Å²) in [6.07, 6.45) is 8.53. The molecule has 6 rings (SSSR count). The van der Waals surface area contributed by atoms with Crippen LogP contribution in [0.4, 0.5) is 10.5 Å². The van der Waals surface area contributed by atoms with Crippen LogP contribution >= 0.6 is 0 Å². The highest BCUT2D eigenvalue weighted by molar-refractivity contribution is 5.95. The molecule has 1 unspecified atom stereocenters. The molecule has 9 heteroatoms. The Labute approximate surface area is 216 Å². The fraction of sp³-hybridized carbons (Fsp3) is 0.643. The normalized spacial score (nSPS) is 27.2. The summed E-state index contributed by atoms with van der Waals surface area (Å²) in [6, 6.07) is 4.07. The first-order valence-electron chi connectivity index (χ1n) is 13.8. The molecule has 4 aliphatic rings. The second-order valence-electron chi connectivity index (χ2n) is 11.4. The third-order valence-electron chi connectivity index (χ3n) is 9.17. The van der Waals surface area contributed by atoms with E-state index in [0.29, 0.717) is 19.3 Å². The molecule has 3 heterocycles. The number of carboxylic acids is 1. The smallest absolute Gasteiger partial charge is 0.414 e. The van der Waals surface area contributed by atoms with Crippen molar-refractivity contribution in [2.45, 2.75) is 95.2 Å². The molecule has 198 valence electrons. The van der Waals surface area contributed by atoms with Crippen molar-refractivity contribution in [1.82, 2.24) is 14.5 Å². The lowest BCUT2D eigenvalue weighted by molar-refractivity contribution is -0.143. The highest BCUT2D eigenvalue weighted by Crippen LogP contribution is 2.54. The van der Waals surface area contributed by atoms with Crippen LogP contribution in [0.15, 0.2) is 12.1 Å². The number of piperidine rings is 1. The molecule has 0 spiro atoms. The summed E-state index contributed by atoms with van der Waals surface area (Å²) in [7, 11) is 1.41. The summed E-state index contributed by atoms with van der Waals surface area (Å²) >= 11 is 0. The lowest BCUT2D eigenvalue weighted by Crippen LogP contribution is -2.45. The zero-order chi connectivity index (χ0) is 25.9. The van der Waals surface area contributed by atoms with Crippen molar-refractivity contribution >= 4 is 34.7 Å². The third-order valence-corrected chi connectivity index (χ3v) is 9.17. The Morgan fingerprint density at radius 1 is 1.11 bits per heavy atom. The maximum Gasteiger partial charge on any atom is 0.414 e. The molecule has 0 bridgehead atoms. The van der Waals surface area contributed by atoms with E-state index in [1.54, 1.807) is 4.90 Å². The van der Waals surface area contributed by atoms with Crippen LogP contribution in [0.25, 0.3) is 11.0 Å². The molecule has 37 heavy (non-hydrogen) atoms. The van der Waals surface area contributed by atoms with Crippen LogP contribution in [0.2, 0.25) is 0 Å². The van der Waals surface area contributed by atoms with Gasteiger partial charge in [-0.3, -0.25) is 14.5 Å². The number of hydrogen-bond donors (Lipinski definition) is 1. The first-order valence-corrected chi connectivity index (χ1v) is 13.8. The molecule has 2 saturated carbocycles. The molecular weight excluding hydrogens is 472 g/mol. The summed E-state index contributed by atoms with van der Waals surface area (Å²) in [5.74, 6) is -0.000206. The Morgan fingerprint density at radius 3 is 2.62 bits per heavy atom. The lowest BCUT2D eigenvalue weighted by atomic mass is 9.85. The number of carboxylic acid groups (broad SMARTS) is 1. The monoisotopic (exact) mass is 508 g/mol. The van der Waals surface area contributed by atoms with Gasteiger partial charge in [0.15, 0.2) is 0 Å². The average molecular weight is 509 g/mol. The summed E-state index contributed by atoms with van der Waals surface area (Å²) in [5.41, 5.74) is 3.32. The summed E-state index contributed by atoms with van der Waals surface area (Å²) in [4.78, 5) is 46.8. The maximum absolute atomic E-state index is 13.1. The van der Waals surface area contributed by atoms with Gasteiger partial charge in [0.1, 0.15) is 11.4 Å². The topological polar surface area (TPSA) is 105 Å². The number of hydrogen-bond acceptors (Lipinski definition) is 5. The number of carbonyl (C=O) groups excluding carboxylic acids is 2. The SMILES string of the molecule is COC(=O)N1c2ccc3c(nc(C4(N5CCCCC5=O)CC4)n3[C@@H]3CCC[C@@H](C(=O)O)C3)c2CCC1C. The number of methoxy groups -OCH3 is 1. The number of benzene rings is 1. The highest BCUT2D eigenvalue weighted by Gasteiger charge is 2.56. The number of fused-ring (bicyclic) bond motifs is 3. The molecule has 3 atom stereocenters. The van der Waals surface area contributed by atoms with Crippen LogP contribution in [0, 0.1) is 5.92 Å². The van der Waals surface area contributed by atoms with Gasteiger partial charge in [0, 0.05) is 30.6 Å². The van der Waals surface area contributed by atoms with E-state index in [2.05, 4.69) is 9.47 Å². The van der Waals surface area contributed by atoms with E-state index in [1.165, 1.54) is 7.11 Å². The number of aromatic nitrogens is 2. The summed E-state index contributed by atoms with van der Waals surface area (Å²) in [6.45, 7) is 2.78. The number of nitrogens with zero attached hydrogens (tertiary/aromatic N) is 4. The number of carbonyl (C=O) groups is 3. The first-order chi connectivity index (χ1) is 17.9. The second-order valence-corrected chi connectivity index (χ2v) is 11.4. The van der Waals surface area contributed by atoms with Gasteiger partial charge in [0.05, 0.1) is 29.7 Å². The van der Waals surface area contributed by atoms with Crippen molar-refractivity contribution in [3.63, 3.8) is 0 Å². The van der Waals surface area contributed by atoms with Crippen molar-refractivity contribution in [2.24, 2.45) is 5.92 Å². The van der Waals surface area contributed by atoms with Crippen LogP contribution in [0.5, 0.6) is 0 Å². The molecule has 0 radical (unpaired) electrons. The van der Waals surface area contributed by atoms with E-state index in [-0.39, 0.29) is 30.0 Å². The van der Waals surface area contributed by atoms with Crippen molar-refractivity contribution in [3.05, 3.63) is 23.5 Å². The van der Waals surface area contributed by atoms with Gasteiger partial charge in [0.25, 0.3) is 0 Å². The van der Waals surface area contributed by atoms with Crippen molar-refractivity contribution in [2.75, 3.05) is 18.6 Å². The fourth-order valence-corrected chi connectivity index (χ4v) is 7.09. The van der Waals surface area contributed by atoms with Crippen molar-refractivity contribution < 1.29 is 24.2 Å². The molecule has 2 aliphatic heterocycles. The van der Waals surface area contributed by atoms with Gasteiger partial charge >= 0.3 is 12.1 Å². The minimum Gasteiger partial charge on any atom is -0.481 e. The number of rotatable bonds is 4. The van der Waals surface area contributed by atoms with E-state index in [0.717, 1.165) is 86.0 Å². The molecule has 2 amide bonds. The lowest BCUT2D eigenvalue weighted by Gasteiger charge is -2.37. The van der Waals surface area contributed by atoms with Gasteiger partial charge in [-0.15, -0.1) is 0 Å². The minimum absolute atomic E-state index is 0.0180. The van der Waals surface area contributed by atoms with Crippen LogP contribution in [0.3, 0.4) is 0 Å². The van der Waals surface area contributed by atoms with Gasteiger partial charge in [-0.05, 0) is 76.8 Å². The average Bonchev–Trinajstić information content (AvgIpc) is 3.61. The zero-order valence-corrected chi connectivity index (χ0v) is 21.7. The minimum atomic E-state index is -0.733. The number of aryl methyl sites for hydroxylation is 1. The van der Waals surface area contributed by atoms with E-state index in [4.69, 9.17) is 9.72 Å². The molecule has 1 N–H and O–H groups in total. The Bertz CT molecular complexity index is 1260. The molecule has 3 fully saturated rings. The molecule has 2 aliphatic carbocycles.